The Kier molecular flexibility index (Phi) is 16.9. The smallest absolute Gasteiger partial charge is 0.320 e. The minimum absolute atomic E-state index is 0.0200. The van der Waals surface area contributed by atoms with Crippen LogP contribution in [0.2, 0.25) is 0 Å². The molecule has 19 atom stereocenters. The monoisotopic (exact) mass is 965 g/mol. The van der Waals surface area contributed by atoms with Crippen LogP contribution in [0.5, 0.6) is 11.5 Å². The number of esters is 2. The van der Waals surface area contributed by atoms with E-state index < -0.39 is 113 Å². The van der Waals surface area contributed by atoms with Gasteiger partial charge in [-0.2, -0.15) is 0 Å². The first-order valence-electron chi connectivity index (χ1n) is 23.7. The number of hydrogen-bond donors (Lipinski definition) is 2. The fraction of sp³-hybridized carbons (Fsp3) is 0.796. The van der Waals surface area contributed by atoms with Crippen molar-refractivity contribution < 1.29 is 76.8 Å². The van der Waals surface area contributed by atoms with Gasteiger partial charge in [-0.15, -0.1) is 11.8 Å². The first-order valence-corrected chi connectivity index (χ1v) is 24.7. The number of rotatable bonds is 12. The van der Waals surface area contributed by atoms with E-state index in [1.807, 2.05) is 46.7 Å². The molecule has 5 aliphatic rings. The fourth-order valence-corrected chi connectivity index (χ4v) is 12.7. The Morgan fingerprint density at radius 2 is 1.58 bits per heavy atom. The largest absolute Gasteiger partial charge is 0.458 e. The van der Waals surface area contributed by atoms with Crippen molar-refractivity contribution in [3.8, 4) is 11.5 Å². The van der Waals surface area contributed by atoms with Gasteiger partial charge < -0.3 is 62.5 Å². The van der Waals surface area contributed by atoms with Crippen LogP contribution in [0.3, 0.4) is 0 Å². The summed E-state index contributed by atoms with van der Waals surface area (Å²) in [7, 11) is 6.79. The first kappa shape index (κ1) is 53.4. The van der Waals surface area contributed by atoms with E-state index in [4.69, 9.17) is 47.4 Å². The molecule has 17 nitrogen and oxygen atoms in total. The summed E-state index contributed by atoms with van der Waals surface area (Å²) >= 11 is 1.08. The van der Waals surface area contributed by atoms with E-state index >= 15 is 4.79 Å². The highest BCUT2D eigenvalue weighted by molar-refractivity contribution is 8.01. The van der Waals surface area contributed by atoms with Gasteiger partial charge in [0.15, 0.2) is 35.5 Å². The van der Waals surface area contributed by atoms with E-state index in [2.05, 4.69) is 0 Å². The van der Waals surface area contributed by atoms with Gasteiger partial charge in [-0.1, -0.05) is 33.8 Å². The van der Waals surface area contributed by atoms with Crippen LogP contribution in [0.15, 0.2) is 18.2 Å². The maximum Gasteiger partial charge on any atom is 0.320 e. The Morgan fingerprint density at radius 3 is 2.22 bits per heavy atom. The number of carbonyl (C=O) groups excluding carboxylic acids is 4. The van der Waals surface area contributed by atoms with Crippen LogP contribution in [-0.4, -0.2) is 163 Å². The second-order valence-corrected chi connectivity index (χ2v) is 21.4. The summed E-state index contributed by atoms with van der Waals surface area (Å²) in [5.41, 5.74) is -3.57. The van der Waals surface area contributed by atoms with E-state index in [0.29, 0.717) is 23.5 Å². The molecule has 0 radical (unpaired) electrons. The van der Waals surface area contributed by atoms with Crippen LogP contribution in [0, 0.1) is 29.6 Å². The van der Waals surface area contributed by atoms with Crippen molar-refractivity contribution in [2.75, 3.05) is 40.9 Å². The molecule has 1 aromatic rings. The molecule has 2 N–H and O–H groups in total. The van der Waals surface area contributed by atoms with Crippen molar-refractivity contribution in [3.05, 3.63) is 23.8 Å². The van der Waals surface area contributed by atoms with Crippen LogP contribution in [0.25, 0.3) is 0 Å². The summed E-state index contributed by atoms with van der Waals surface area (Å²) < 4.78 is 62.6. The Balaban J connectivity index is 1.42. The predicted molar refractivity (Wildman–Crippen MR) is 246 cm³/mol. The summed E-state index contributed by atoms with van der Waals surface area (Å²) in [6.45, 7) is 17.8. The van der Waals surface area contributed by atoms with Crippen LogP contribution < -0.4 is 9.47 Å². The van der Waals surface area contributed by atoms with Gasteiger partial charge in [0.25, 0.3) is 0 Å². The number of aliphatic hydroxyl groups is 2. The number of methoxy groups -OCH3 is 2. The second-order valence-electron chi connectivity index (χ2n) is 20.3. The first-order chi connectivity index (χ1) is 31.4. The average Bonchev–Trinajstić information content (AvgIpc) is 3.88. The highest BCUT2D eigenvalue weighted by Gasteiger charge is 2.62. The zero-order chi connectivity index (χ0) is 49.5. The molecule has 5 heterocycles. The summed E-state index contributed by atoms with van der Waals surface area (Å²) in [5, 5.41) is 21.9. The Morgan fingerprint density at radius 1 is 0.896 bits per heavy atom. The van der Waals surface area contributed by atoms with Crippen LogP contribution in [0.1, 0.15) is 105 Å². The van der Waals surface area contributed by atoms with E-state index in [0.717, 1.165) is 11.8 Å². The number of carbonyl (C=O) groups is 4. The molecule has 6 rings (SSSR count). The molecule has 0 bridgehead atoms. The maximum atomic E-state index is 15.1. The summed E-state index contributed by atoms with van der Waals surface area (Å²) in [5.74, 6) is -5.39. The molecule has 0 spiro atoms. The average molecular weight is 966 g/mol. The van der Waals surface area contributed by atoms with Crippen LogP contribution >= 0.6 is 11.8 Å². The number of nitrogens with zero attached hydrogens (tertiary/aromatic N) is 1. The SMILES string of the molecule is CC[C@H]1OC(=O)[C@H](C)[C@@H](O[C@H]2C[C@@](C)(OC)[C@@H](O)[C@@H](C)O2)[C@H](C)[C@@H](O[C@@H]2O[C@H](C)C[C@H](N(C)C)[C@H]2O)[C@](C)(OC)C[C@@H](C)C(=O)C(C)C2C(SCC(=O)c3cccc4c3OCO4)C(=O)O[C@@]21C. The number of Topliss-reactive ketones (excluding diaryl/α,β-unsaturated/α-hetero) is 2. The molecule has 1 aromatic carbocycles. The van der Waals surface area contributed by atoms with E-state index in [1.54, 1.807) is 59.7 Å². The van der Waals surface area contributed by atoms with Gasteiger partial charge >= 0.3 is 11.9 Å². The molecule has 0 aromatic heterocycles. The molecule has 0 saturated carbocycles. The number of para-hydroxylation sites is 1. The lowest BCUT2D eigenvalue weighted by Crippen LogP contribution is -2.61. The second kappa shape index (κ2) is 21.2. The lowest BCUT2D eigenvalue weighted by molar-refractivity contribution is -0.319. The number of thioether (sulfide) groups is 1. The lowest BCUT2D eigenvalue weighted by atomic mass is 9.70. The van der Waals surface area contributed by atoms with Crippen molar-refractivity contribution in [1.82, 2.24) is 4.90 Å². The molecular weight excluding hydrogens is 891 g/mol. The summed E-state index contributed by atoms with van der Waals surface area (Å²) in [6.07, 6.45) is -7.34. The zero-order valence-electron chi connectivity index (χ0n) is 41.7. The topological polar surface area (TPSA) is 204 Å². The van der Waals surface area contributed by atoms with Gasteiger partial charge in [0, 0.05) is 50.4 Å². The summed E-state index contributed by atoms with van der Waals surface area (Å²) in [6, 6.07) is 4.73. The Labute approximate surface area is 399 Å². The van der Waals surface area contributed by atoms with Gasteiger partial charge in [0.1, 0.15) is 29.3 Å². The van der Waals surface area contributed by atoms with Crippen molar-refractivity contribution >= 4 is 35.3 Å². The van der Waals surface area contributed by atoms with Crippen LogP contribution in [0.4, 0.5) is 0 Å². The number of fused-ring (bicyclic) bond motifs is 2. The zero-order valence-corrected chi connectivity index (χ0v) is 42.5. The number of ketones is 2. The third-order valence-corrected chi connectivity index (χ3v) is 16.6. The van der Waals surface area contributed by atoms with Crippen molar-refractivity contribution in [3.63, 3.8) is 0 Å². The third kappa shape index (κ3) is 10.6. The molecule has 18 heteroatoms. The minimum atomic E-state index is -1.50. The van der Waals surface area contributed by atoms with E-state index in [9.17, 15) is 24.6 Å². The normalized spacial score (nSPS) is 43.0. The number of benzene rings is 1. The number of cyclic esters (lactones) is 1. The van der Waals surface area contributed by atoms with Crippen molar-refractivity contribution in [1.29, 1.82) is 0 Å². The minimum Gasteiger partial charge on any atom is -0.458 e. The predicted octanol–water partition coefficient (Wildman–Crippen LogP) is 4.97. The standard InChI is InChI=1S/C49H75NO16S/c1-15-34-49(10)36(41(45(56)66-49)67-22-32(51)30-17-16-18-33-40(30)60-23-59-33)26(4)37(52)24(2)20-48(9,58-14)43(65-46-38(53)31(50(11)12)19-25(3)61-46)27(5)39(28(6)44(55)63-34)64-35-21-47(8,57-13)42(54)29(7)62-35/h16-18,24-29,31,34-36,38-39,41-43,46,53-54H,15,19-23H2,1-14H3/t24-,25-,26?,27+,28-,29-,31+,34-,35+,36?,38-,39+,41?,42+,43-,46+,47-,48-,49-/m1/s1. The Bertz CT molecular complexity index is 1940. The molecule has 0 aliphatic carbocycles. The van der Waals surface area contributed by atoms with Gasteiger partial charge in [-0.3, -0.25) is 19.2 Å². The summed E-state index contributed by atoms with van der Waals surface area (Å²) in [4.78, 5) is 60.0. The van der Waals surface area contributed by atoms with Crippen molar-refractivity contribution in [2.24, 2.45) is 29.6 Å². The molecule has 4 saturated heterocycles. The van der Waals surface area contributed by atoms with Gasteiger partial charge in [0.05, 0.1) is 52.9 Å². The number of likely N-dealkylation sites (N-methyl/N-ethyl adjacent to an activating group) is 1. The van der Waals surface area contributed by atoms with Gasteiger partial charge in [0.2, 0.25) is 6.79 Å². The third-order valence-electron chi connectivity index (χ3n) is 15.4. The highest BCUT2D eigenvalue weighted by Crippen LogP contribution is 2.50. The number of ether oxygens (including phenoxy) is 10. The van der Waals surface area contributed by atoms with E-state index in [-0.39, 0.29) is 55.5 Å². The van der Waals surface area contributed by atoms with Crippen molar-refractivity contribution in [2.45, 2.75) is 178 Å². The molecule has 4 fully saturated rings. The molecule has 5 aliphatic heterocycles. The molecule has 3 unspecified atom stereocenters. The van der Waals surface area contributed by atoms with E-state index in [1.165, 1.54) is 14.2 Å². The van der Waals surface area contributed by atoms with Gasteiger partial charge in [-0.25, -0.2) is 0 Å². The maximum absolute atomic E-state index is 15.1. The molecular formula is C49H75NO16S. The van der Waals surface area contributed by atoms with Crippen LogP contribution in [-0.2, 0) is 52.3 Å². The lowest BCUT2D eigenvalue weighted by Gasteiger charge is -2.50. The molecule has 0 amide bonds. The van der Waals surface area contributed by atoms with Gasteiger partial charge in [-0.05, 0) is 87.0 Å². The number of aliphatic hydroxyl groups excluding tert-OH is 2. The number of hydrogen-bond acceptors (Lipinski definition) is 18. The molecule has 67 heavy (non-hydrogen) atoms. The highest BCUT2D eigenvalue weighted by atomic mass is 32.2. The quantitative estimate of drug-likeness (QED) is 0.210. The molecule has 378 valence electrons. The fourth-order valence-electron chi connectivity index (χ4n) is 11.3. The Hall–Kier alpha value is -2.91.